The van der Waals surface area contributed by atoms with E-state index in [4.69, 9.17) is 4.74 Å². The summed E-state index contributed by atoms with van der Waals surface area (Å²) in [6.07, 6.45) is 23.7. The maximum Gasteiger partial charge on any atom is 0.306 e. The Kier molecular flexibility index (Phi) is 11.7. The van der Waals surface area contributed by atoms with Crippen molar-refractivity contribution in [2.45, 2.75) is 167 Å². The number of aliphatic hydroxyl groups is 3. The van der Waals surface area contributed by atoms with Crippen molar-refractivity contribution in [2.75, 3.05) is 6.61 Å². The van der Waals surface area contributed by atoms with Crippen molar-refractivity contribution < 1.29 is 29.6 Å². The van der Waals surface area contributed by atoms with E-state index >= 15 is 0 Å². The van der Waals surface area contributed by atoms with Crippen LogP contribution in [-0.4, -0.2) is 50.5 Å². The zero-order valence-electron chi connectivity index (χ0n) is 28.5. The molecule has 0 radical (unpaired) electrons. The zero-order chi connectivity index (χ0) is 32.2. The van der Waals surface area contributed by atoms with Gasteiger partial charge in [0.2, 0.25) is 0 Å². The number of ether oxygens (including phenoxy) is 1. The molecule has 7 atom stereocenters. The molecule has 4 rings (SSSR count). The van der Waals surface area contributed by atoms with Gasteiger partial charge in [0, 0.05) is 36.0 Å². The highest BCUT2D eigenvalue weighted by atomic mass is 16.6. The molecule has 0 bridgehead atoms. The first kappa shape index (κ1) is 35.4. The quantitative estimate of drug-likeness (QED) is 0.0828. The van der Waals surface area contributed by atoms with E-state index in [9.17, 15) is 24.9 Å². The van der Waals surface area contributed by atoms with E-state index in [0.29, 0.717) is 24.0 Å². The van der Waals surface area contributed by atoms with Crippen LogP contribution in [0.25, 0.3) is 0 Å². The van der Waals surface area contributed by atoms with E-state index < -0.39 is 28.6 Å². The predicted molar refractivity (Wildman–Crippen MR) is 175 cm³/mol. The van der Waals surface area contributed by atoms with Crippen LogP contribution in [0.3, 0.4) is 0 Å². The van der Waals surface area contributed by atoms with Gasteiger partial charge in [0.15, 0.2) is 5.78 Å². The van der Waals surface area contributed by atoms with Gasteiger partial charge in [-0.1, -0.05) is 130 Å². The van der Waals surface area contributed by atoms with Gasteiger partial charge in [0.25, 0.3) is 0 Å². The van der Waals surface area contributed by atoms with Crippen LogP contribution in [-0.2, 0) is 14.3 Å². The molecule has 0 unspecified atom stereocenters. The van der Waals surface area contributed by atoms with Crippen LogP contribution in [0.2, 0.25) is 0 Å². The average Bonchev–Trinajstić information content (AvgIpc) is 3.38. The minimum atomic E-state index is -1.76. The van der Waals surface area contributed by atoms with Crippen LogP contribution in [0.5, 0.6) is 0 Å². The molecule has 44 heavy (non-hydrogen) atoms. The Labute approximate surface area is 267 Å². The summed E-state index contributed by atoms with van der Waals surface area (Å²) in [5.74, 6) is -2.25. The van der Waals surface area contributed by atoms with Crippen LogP contribution >= 0.6 is 0 Å². The number of unbranched alkanes of at least 4 members (excludes halogenated alkanes) is 14. The molecule has 6 heteroatoms. The van der Waals surface area contributed by atoms with Crippen molar-refractivity contribution in [1.29, 1.82) is 0 Å². The van der Waals surface area contributed by atoms with Gasteiger partial charge < -0.3 is 20.1 Å². The second-order valence-electron chi connectivity index (χ2n) is 15.5. The number of hydrogen-bond acceptors (Lipinski definition) is 6. The van der Waals surface area contributed by atoms with E-state index in [1.807, 2.05) is 13.0 Å². The van der Waals surface area contributed by atoms with E-state index in [0.717, 1.165) is 19.3 Å². The molecular formula is C38H62O6. The number of fused-ring (bicyclic) bond motifs is 5. The van der Waals surface area contributed by atoms with Gasteiger partial charge in [-0.25, -0.2) is 0 Å². The maximum atomic E-state index is 13.2. The van der Waals surface area contributed by atoms with E-state index in [1.54, 1.807) is 13.0 Å². The number of esters is 1. The van der Waals surface area contributed by atoms with Gasteiger partial charge >= 0.3 is 5.97 Å². The van der Waals surface area contributed by atoms with Crippen LogP contribution in [0.1, 0.15) is 150 Å². The molecule has 4 aliphatic carbocycles. The normalized spacial score (nSPS) is 35.2. The molecule has 0 aliphatic heterocycles. The van der Waals surface area contributed by atoms with E-state index in [1.165, 1.54) is 77.0 Å². The lowest BCUT2D eigenvalue weighted by Gasteiger charge is -2.50. The topological polar surface area (TPSA) is 104 Å². The van der Waals surface area contributed by atoms with Gasteiger partial charge in [-0.05, 0) is 36.8 Å². The van der Waals surface area contributed by atoms with Gasteiger partial charge in [-0.2, -0.15) is 0 Å². The summed E-state index contributed by atoms with van der Waals surface area (Å²) in [4.78, 5) is 26.3. The Morgan fingerprint density at radius 3 is 1.93 bits per heavy atom. The Hall–Kier alpha value is -1.50. The lowest BCUT2D eigenvalue weighted by Crippen LogP contribution is -2.61. The number of Topliss-reactive ketones (excluding diaryl/α,β-unsaturated/α-hetero) is 1. The van der Waals surface area contributed by atoms with Gasteiger partial charge in [0.1, 0.15) is 11.2 Å². The van der Waals surface area contributed by atoms with Crippen molar-refractivity contribution in [2.24, 2.45) is 29.1 Å². The molecule has 2 fully saturated rings. The summed E-state index contributed by atoms with van der Waals surface area (Å²) < 4.78 is 6.35. The summed E-state index contributed by atoms with van der Waals surface area (Å²) in [7, 11) is 0. The second kappa shape index (κ2) is 14.5. The lowest BCUT2D eigenvalue weighted by atomic mass is 9.60. The molecule has 0 saturated heterocycles. The van der Waals surface area contributed by atoms with Crippen molar-refractivity contribution in [3.63, 3.8) is 0 Å². The maximum absolute atomic E-state index is 13.2. The zero-order valence-corrected chi connectivity index (χ0v) is 28.5. The van der Waals surface area contributed by atoms with Crippen LogP contribution in [0, 0.1) is 29.1 Å². The minimum absolute atomic E-state index is 0.00546. The summed E-state index contributed by atoms with van der Waals surface area (Å²) in [5, 5.41) is 34.3. The summed E-state index contributed by atoms with van der Waals surface area (Å²) in [5.41, 5.74) is -3.21. The van der Waals surface area contributed by atoms with E-state index in [-0.39, 0.29) is 42.0 Å². The number of ketones is 1. The van der Waals surface area contributed by atoms with Gasteiger partial charge in [-0.15, -0.1) is 0 Å². The Bertz CT molecular complexity index is 1080. The Balaban J connectivity index is 1.23. The van der Waals surface area contributed by atoms with Gasteiger partial charge in [0.05, 0.1) is 12.2 Å². The summed E-state index contributed by atoms with van der Waals surface area (Å²) >= 11 is 0. The molecule has 2 saturated carbocycles. The van der Waals surface area contributed by atoms with E-state index in [2.05, 4.69) is 20.8 Å². The molecule has 0 spiro atoms. The number of rotatable bonds is 18. The van der Waals surface area contributed by atoms with Crippen LogP contribution in [0.15, 0.2) is 23.3 Å². The van der Waals surface area contributed by atoms with Gasteiger partial charge in [-0.3, -0.25) is 9.59 Å². The first-order valence-electron chi connectivity index (χ1n) is 18.1. The van der Waals surface area contributed by atoms with Crippen molar-refractivity contribution in [3.8, 4) is 0 Å². The largest absolute Gasteiger partial charge is 0.458 e. The number of carbonyl (C=O) groups excluding carboxylic acids is 2. The molecule has 0 amide bonds. The molecule has 0 heterocycles. The van der Waals surface area contributed by atoms with Crippen LogP contribution < -0.4 is 0 Å². The highest BCUT2D eigenvalue weighted by Gasteiger charge is 2.83. The second-order valence-corrected chi connectivity index (χ2v) is 15.5. The number of carbonyl (C=O) groups is 2. The molecule has 0 aromatic heterocycles. The average molecular weight is 615 g/mol. The third-order valence-electron chi connectivity index (χ3n) is 12.2. The fraction of sp³-hybridized carbons (Fsp3) is 0.842. The SMILES string of the molecule is CCCCCCCCCCCCCCCCCC(=O)O[C@@]12C[C@@H](C)[C@@]3(O)[C@@H](C=C(CO)C[C@]4(O)C(=O)C(C)=C[C@@H]34)[C@@H]1C2(C)C. The first-order chi connectivity index (χ1) is 20.9. The van der Waals surface area contributed by atoms with Crippen molar-refractivity contribution in [3.05, 3.63) is 23.3 Å². The molecule has 0 aromatic rings. The number of aliphatic hydroxyl groups excluding tert-OH is 1. The summed E-state index contributed by atoms with van der Waals surface area (Å²) in [6, 6.07) is 0. The Morgan fingerprint density at radius 1 is 0.886 bits per heavy atom. The third-order valence-corrected chi connectivity index (χ3v) is 12.2. The van der Waals surface area contributed by atoms with Crippen LogP contribution in [0.4, 0.5) is 0 Å². The highest BCUT2D eigenvalue weighted by molar-refractivity contribution is 6.04. The monoisotopic (exact) mass is 614 g/mol. The standard InChI is InChI=1S/C38H62O6/c1-6-7-8-9-10-11-12-13-14-15-16-17-18-19-20-21-32(40)44-37-24-28(3)38(43)30(33(37)35(37,4)5)23-29(26-39)25-36(42)31(38)22-27(2)34(36)41/h22-23,28,30-31,33,39,42-43H,6-21,24-26H2,1-5H3/t28-,30+,31-,33-,36-,37+,38-/m1/s1. The fourth-order valence-electron chi connectivity index (χ4n) is 9.49. The van der Waals surface area contributed by atoms with Crippen molar-refractivity contribution in [1.82, 2.24) is 0 Å². The lowest BCUT2D eigenvalue weighted by molar-refractivity contribution is -0.187. The molecular weight excluding hydrogens is 552 g/mol. The molecule has 0 aromatic carbocycles. The molecule has 4 aliphatic rings. The smallest absolute Gasteiger partial charge is 0.306 e. The highest BCUT2D eigenvalue weighted by Crippen LogP contribution is 2.76. The first-order valence-corrected chi connectivity index (χ1v) is 18.1. The summed E-state index contributed by atoms with van der Waals surface area (Å²) in [6.45, 7) is 9.81. The fourth-order valence-corrected chi connectivity index (χ4v) is 9.49. The molecule has 250 valence electrons. The number of hydrogen-bond donors (Lipinski definition) is 3. The molecule has 3 N–H and O–H groups in total. The third kappa shape index (κ3) is 6.65. The Morgan fingerprint density at radius 2 is 1.41 bits per heavy atom. The predicted octanol–water partition coefficient (Wildman–Crippen LogP) is 7.77. The minimum Gasteiger partial charge on any atom is -0.458 e. The van der Waals surface area contributed by atoms with Crippen molar-refractivity contribution >= 4 is 11.8 Å². The molecule has 6 nitrogen and oxygen atoms in total.